The van der Waals surface area contributed by atoms with Gasteiger partial charge in [0.2, 0.25) is 0 Å². The van der Waals surface area contributed by atoms with E-state index in [2.05, 4.69) is 13.8 Å². The molecule has 2 heteroatoms. The Hall–Kier alpha value is -0.0800. The third-order valence-corrected chi connectivity index (χ3v) is 4.85. The van der Waals surface area contributed by atoms with Crippen molar-refractivity contribution in [3.8, 4) is 0 Å². The molecule has 2 heterocycles. The number of ether oxygens (including phenoxy) is 1. The quantitative estimate of drug-likeness (QED) is 0.618. The summed E-state index contributed by atoms with van der Waals surface area (Å²) >= 11 is 0. The maximum atomic E-state index is 9.96. The molecule has 0 aromatic heterocycles. The molecule has 0 radical (unpaired) electrons. The van der Waals surface area contributed by atoms with E-state index >= 15 is 0 Å². The fraction of sp³-hybridized carbons (Fsp3) is 1.00. The van der Waals surface area contributed by atoms with Gasteiger partial charge in [0.1, 0.15) is 0 Å². The van der Waals surface area contributed by atoms with E-state index in [0.717, 1.165) is 18.8 Å². The van der Waals surface area contributed by atoms with Crippen molar-refractivity contribution in [3.63, 3.8) is 0 Å². The number of aliphatic hydroxyl groups is 1. The Labute approximate surface area is 79.3 Å². The molecule has 5 atom stereocenters. The van der Waals surface area contributed by atoms with Crippen molar-refractivity contribution in [2.24, 2.45) is 11.3 Å². The molecule has 4 bridgehead atoms. The SMILES string of the molecule is CC12CC3CCC(O1)C3(C)CC2O. The Morgan fingerprint density at radius 2 is 2.00 bits per heavy atom. The molecule has 0 spiro atoms. The summed E-state index contributed by atoms with van der Waals surface area (Å²) in [6, 6.07) is 0. The first kappa shape index (κ1) is 8.25. The van der Waals surface area contributed by atoms with Gasteiger partial charge < -0.3 is 9.84 Å². The largest absolute Gasteiger partial charge is 0.390 e. The summed E-state index contributed by atoms with van der Waals surface area (Å²) in [5.41, 5.74) is 0.0702. The minimum atomic E-state index is -0.233. The van der Waals surface area contributed by atoms with Crippen molar-refractivity contribution >= 4 is 0 Å². The second-order valence-corrected chi connectivity index (χ2v) is 5.62. The van der Waals surface area contributed by atoms with Crippen LogP contribution in [-0.2, 0) is 4.74 Å². The summed E-state index contributed by atoms with van der Waals surface area (Å²) in [6.07, 6.45) is 4.75. The maximum absolute atomic E-state index is 9.96. The van der Waals surface area contributed by atoms with Gasteiger partial charge in [0.15, 0.2) is 0 Å². The number of hydrogen-bond acceptors (Lipinski definition) is 2. The van der Waals surface area contributed by atoms with Crippen LogP contribution in [0.5, 0.6) is 0 Å². The van der Waals surface area contributed by atoms with Gasteiger partial charge >= 0.3 is 0 Å². The van der Waals surface area contributed by atoms with Gasteiger partial charge in [-0.15, -0.1) is 0 Å². The Morgan fingerprint density at radius 3 is 2.69 bits per heavy atom. The van der Waals surface area contributed by atoms with Gasteiger partial charge in [-0.05, 0) is 43.9 Å². The molecule has 0 amide bonds. The first-order valence-corrected chi connectivity index (χ1v) is 5.40. The zero-order valence-electron chi connectivity index (χ0n) is 8.42. The summed E-state index contributed by atoms with van der Waals surface area (Å²) in [4.78, 5) is 0. The van der Waals surface area contributed by atoms with Crippen molar-refractivity contribution in [2.75, 3.05) is 0 Å². The number of fused-ring (bicyclic) bond motifs is 1. The van der Waals surface area contributed by atoms with Crippen molar-refractivity contribution in [1.29, 1.82) is 0 Å². The van der Waals surface area contributed by atoms with Gasteiger partial charge in [-0.1, -0.05) is 6.92 Å². The highest BCUT2D eigenvalue weighted by Crippen LogP contribution is 2.61. The van der Waals surface area contributed by atoms with Crippen LogP contribution in [0, 0.1) is 11.3 Å². The molecule has 0 aromatic carbocycles. The van der Waals surface area contributed by atoms with Crippen LogP contribution in [0.3, 0.4) is 0 Å². The summed E-state index contributed by atoms with van der Waals surface area (Å²) in [7, 11) is 0. The molecule has 4 fully saturated rings. The lowest BCUT2D eigenvalue weighted by atomic mass is 9.60. The third-order valence-electron chi connectivity index (χ3n) is 4.85. The van der Waals surface area contributed by atoms with E-state index in [0.29, 0.717) is 6.10 Å². The van der Waals surface area contributed by atoms with Crippen LogP contribution < -0.4 is 0 Å². The van der Waals surface area contributed by atoms with Crippen molar-refractivity contribution < 1.29 is 9.84 Å². The van der Waals surface area contributed by atoms with Gasteiger partial charge in [-0.3, -0.25) is 0 Å². The summed E-state index contributed by atoms with van der Waals surface area (Å²) in [5, 5.41) is 9.96. The zero-order chi connectivity index (χ0) is 9.27. The molecule has 0 aromatic rings. The van der Waals surface area contributed by atoms with Gasteiger partial charge in [-0.2, -0.15) is 0 Å². The predicted octanol–water partition coefficient (Wildman–Crippen LogP) is 1.71. The normalized spacial score (nSPS) is 64.4. The Morgan fingerprint density at radius 1 is 1.23 bits per heavy atom. The molecule has 4 aliphatic rings. The Balaban J connectivity index is 2.03. The van der Waals surface area contributed by atoms with E-state index < -0.39 is 0 Å². The number of aliphatic hydroxyl groups excluding tert-OH is 1. The van der Waals surface area contributed by atoms with E-state index in [1.807, 2.05) is 0 Å². The van der Waals surface area contributed by atoms with E-state index in [1.165, 1.54) is 12.8 Å². The van der Waals surface area contributed by atoms with E-state index in [-0.39, 0.29) is 17.1 Å². The van der Waals surface area contributed by atoms with Crippen molar-refractivity contribution in [2.45, 2.75) is 57.3 Å². The lowest BCUT2D eigenvalue weighted by molar-refractivity contribution is -0.267. The van der Waals surface area contributed by atoms with Gasteiger partial charge in [-0.25, -0.2) is 0 Å². The second-order valence-electron chi connectivity index (χ2n) is 5.62. The van der Waals surface area contributed by atoms with E-state index in [4.69, 9.17) is 4.74 Å². The summed E-state index contributed by atoms with van der Waals surface area (Å²) in [6.45, 7) is 4.39. The summed E-state index contributed by atoms with van der Waals surface area (Å²) < 4.78 is 6.03. The average Bonchev–Trinajstić information content (AvgIpc) is 2.30. The lowest BCUT2D eigenvalue weighted by Gasteiger charge is -2.57. The van der Waals surface area contributed by atoms with Gasteiger partial charge in [0.05, 0.1) is 17.8 Å². The van der Waals surface area contributed by atoms with Crippen LogP contribution in [0.4, 0.5) is 0 Å². The topological polar surface area (TPSA) is 29.5 Å². The zero-order valence-corrected chi connectivity index (χ0v) is 8.42. The Bertz CT molecular complexity index is 234. The first-order chi connectivity index (χ1) is 6.05. The smallest absolute Gasteiger partial charge is 0.0919 e. The van der Waals surface area contributed by atoms with Gasteiger partial charge in [0.25, 0.3) is 0 Å². The van der Waals surface area contributed by atoms with Crippen LogP contribution in [0.2, 0.25) is 0 Å². The maximum Gasteiger partial charge on any atom is 0.0919 e. The van der Waals surface area contributed by atoms with Crippen molar-refractivity contribution in [1.82, 2.24) is 0 Å². The van der Waals surface area contributed by atoms with E-state index in [9.17, 15) is 5.11 Å². The van der Waals surface area contributed by atoms with E-state index in [1.54, 1.807) is 0 Å². The van der Waals surface area contributed by atoms with Crippen LogP contribution in [-0.4, -0.2) is 22.9 Å². The molecular weight excluding hydrogens is 164 g/mol. The van der Waals surface area contributed by atoms with Crippen molar-refractivity contribution in [3.05, 3.63) is 0 Å². The van der Waals surface area contributed by atoms with Crippen LogP contribution in [0.15, 0.2) is 0 Å². The fourth-order valence-electron chi connectivity index (χ4n) is 3.81. The fourth-order valence-corrected chi connectivity index (χ4v) is 3.81. The van der Waals surface area contributed by atoms with Gasteiger partial charge in [0, 0.05) is 0 Å². The second kappa shape index (κ2) is 2.12. The predicted molar refractivity (Wildman–Crippen MR) is 49.3 cm³/mol. The molecule has 13 heavy (non-hydrogen) atoms. The highest BCUT2D eigenvalue weighted by Gasteiger charge is 2.63. The minimum Gasteiger partial charge on any atom is -0.390 e. The minimum absolute atomic E-state index is 0.219. The number of hydrogen-bond donors (Lipinski definition) is 1. The van der Waals surface area contributed by atoms with Crippen LogP contribution >= 0.6 is 0 Å². The monoisotopic (exact) mass is 182 g/mol. The average molecular weight is 182 g/mol. The molecule has 2 saturated heterocycles. The standard InChI is InChI=1S/C11H18O2/c1-10-6-8(12)11(2)5-7(10)3-4-9(10)13-11/h7-9,12H,3-6H2,1-2H3. The molecule has 74 valence electrons. The number of rotatable bonds is 0. The molecule has 1 N–H and O–H groups in total. The summed E-state index contributed by atoms with van der Waals surface area (Å²) in [5.74, 6) is 0.805. The Kier molecular flexibility index (Phi) is 1.34. The highest BCUT2D eigenvalue weighted by atomic mass is 16.5. The molecule has 2 aliphatic carbocycles. The highest BCUT2D eigenvalue weighted by molar-refractivity contribution is 5.12. The first-order valence-electron chi connectivity index (χ1n) is 5.40. The van der Waals surface area contributed by atoms with Crippen LogP contribution in [0.25, 0.3) is 0 Å². The van der Waals surface area contributed by atoms with Crippen LogP contribution in [0.1, 0.15) is 39.5 Å². The molecular formula is C11H18O2. The molecule has 4 rings (SSSR count). The molecule has 2 nitrogen and oxygen atoms in total. The lowest BCUT2D eigenvalue weighted by Crippen LogP contribution is -2.62. The molecule has 2 aliphatic heterocycles. The third kappa shape index (κ3) is 0.816. The molecule has 2 saturated carbocycles. The molecule has 5 unspecified atom stereocenters.